The molecule has 0 radical (unpaired) electrons. The number of aromatic hydroxyl groups is 2. The molecule has 0 amide bonds. The number of ketones is 1. The number of phenols is 2. The highest BCUT2D eigenvalue weighted by atomic mass is 16.6. The predicted molar refractivity (Wildman–Crippen MR) is 97.1 cm³/mol. The maximum Gasteiger partial charge on any atom is 0.335 e. The van der Waals surface area contributed by atoms with E-state index < -0.39 is 41.6 Å². The van der Waals surface area contributed by atoms with Crippen molar-refractivity contribution in [3.63, 3.8) is 0 Å². The molecule has 0 fully saturated rings. The first kappa shape index (κ1) is 23.4. The number of carbonyl (C=O) groups excluding carboxylic acids is 3. The number of phenolic OH excluding ortho intramolecular Hbond substituents is 2. The largest absolute Gasteiger partial charge is 0.507 e. The summed E-state index contributed by atoms with van der Waals surface area (Å²) in [5.41, 5.74) is -0.106. The number of methoxy groups -OCH3 is 3. The van der Waals surface area contributed by atoms with Crippen molar-refractivity contribution < 1.29 is 43.5 Å². The van der Waals surface area contributed by atoms with Crippen LogP contribution in [-0.4, -0.2) is 62.0 Å². The quantitative estimate of drug-likeness (QED) is 0.447. The maximum atomic E-state index is 11.9. The van der Waals surface area contributed by atoms with Gasteiger partial charge in [0.05, 0.1) is 44.0 Å². The molecule has 0 saturated carbocycles. The zero-order valence-corrected chi connectivity index (χ0v) is 16.6. The van der Waals surface area contributed by atoms with E-state index >= 15 is 0 Å². The molecule has 2 N–H and O–H groups in total. The second-order valence-electron chi connectivity index (χ2n) is 6.18. The lowest BCUT2D eigenvalue weighted by molar-refractivity contribution is -0.156. The number of rotatable bonds is 10. The van der Waals surface area contributed by atoms with E-state index in [9.17, 15) is 24.6 Å². The van der Waals surface area contributed by atoms with E-state index in [1.165, 1.54) is 40.4 Å². The van der Waals surface area contributed by atoms with Crippen molar-refractivity contribution in [2.45, 2.75) is 32.5 Å². The van der Waals surface area contributed by atoms with Gasteiger partial charge in [-0.2, -0.15) is 0 Å². The topological polar surface area (TPSA) is 129 Å². The molecule has 9 nitrogen and oxygen atoms in total. The molecule has 0 aliphatic heterocycles. The van der Waals surface area contributed by atoms with Crippen LogP contribution in [0.1, 0.15) is 42.3 Å². The van der Waals surface area contributed by atoms with Gasteiger partial charge in [-0.15, -0.1) is 0 Å². The van der Waals surface area contributed by atoms with Gasteiger partial charge < -0.3 is 29.2 Å². The van der Waals surface area contributed by atoms with Gasteiger partial charge in [0.25, 0.3) is 0 Å². The second kappa shape index (κ2) is 10.6. The number of esters is 2. The van der Waals surface area contributed by atoms with Crippen molar-refractivity contribution in [3.8, 4) is 11.5 Å². The smallest absolute Gasteiger partial charge is 0.335 e. The number of hydrogen-bond donors (Lipinski definition) is 2. The van der Waals surface area contributed by atoms with Gasteiger partial charge >= 0.3 is 11.9 Å². The van der Waals surface area contributed by atoms with E-state index in [1.54, 1.807) is 6.92 Å². The first-order valence-electron chi connectivity index (χ1n) is 8.53. The monoisotopic (exact) mass is 398 g/mol. The molecule has 0 unspecified atom stereocenters. The first-order chi connectivity index (χ1) is 13.2. The van der Waals surface area contributed by atoms with Gasteiger partial charge in [-0.3, -0.25) is 9.59 Å². The standard InChI is InChI=1S/C19H26O9/c1-10(18(23)26-4)9-28-14(8-15(25-3)19(24)27-5)16-13(21)7-6-12(11(2)20)17(16)22/h6-7,10,14-15,21-22H,8-9H2,1-5H3/t10-,14-,15+/m1/s1. The van der Waals surface area contributed by atoms with E-state index in [-0.39, 0.29) is 29.9 Å². The Bertz CT molecular complexity index is 714. The fourth-order valence-electron chi connectivity index (χ4n) is 2.61. The number of benzene rings is 1. The maximum absolute atomic E-state index is 11.9. The summed E-state index contributed by atoms with van der Waals surface area (Å²) in [6, 6.07) is 2.52. The molecule has 0 aromatic heterocycles. The van der Waals surface area contributed by atoms with Gasteiger partial charge in [0.15, 0.2) is 11.9 Å². The van der Waals surface area contributed by atoms with Crippen molar-refractivity contribution in [2.75, 3.05) is 27.9 Å². The van der Waals surface area contributed by atoms with Crippen LogP contribution in [0.2, 0.25) is 0 Å². The lowest BCUT2D eigenvalue weighted by atomic mass is 9.96. The van der Waals surface area contributed by atoms with E-state index in [0.717, 1.165) is 0 Å². The molecule has 9 heteroatoms. The van der Waals surface area contributed by atoms with Crippen molar-refractivity contribution in [1.29, 1.82) is 0 Å². The molecule has 1 rings (SSSR count). The second-order valence-corrected chi connectivity index (χ2v) is 6.18. The molecular weight excluding hydrogens is 372 g/mol. The Kier molecular flexibility index (Phi) is 8.87. The third-order valence-corrected chi connectivity index (χ3v) is 4.22. The average Bonchev–Trinajstić information content (AvgIpc) is 2.67. The zero-order chi connectivity index (χ0) is 21.4. The minimum absolute atomic E-state index is 0.0190. The number of Topliss-reactive ketones (excluding diaryl/α,β-unsaturated/α-hetero) is 1. The van der Waals surface area contributed by atoms with Crippen LogP contribution in [0.25, 0.3) is 0 Å². The zero-order valence-electron chi connectivity index (χ0n) is 16.6. The van der Waals surface area contributed by atoms with E-state index in [2.05, 4.69) is 9.47 Å². The Balaban J connectivity index is 3.30. The Morgan fingerprint density at radius 3 is 2.14 bits per heavy atom. The summed E-state index contributed by atoms with van der Waals surface area (Å²) in [5, 5.41) is 20.8. The van der Waals surface area contributed by atoms with Crippen molar-refractivity contribution in [3.05, 3.63) is 23.3 Å². The SMILES string of the molecule is COC(=O)[C@H](C)CO[C@H](C[C@H](OC)C(=O)OC)c1c(O)ccc(C(C)=O)c1O. The molecule has 0 bridgehead atoms. The highest BCUT2D eigenvalue weighted by Gasteiger charge is 2.31. The number of hydrogen-bond acceptors (Lipinski definition) is 9. The lowest BCUT2D eigenvalue weighted by Crippen LogP contribution is -2.28. The van der Waals surface area contributed by atoms with Gasteiger partial charge in [-0.1, -0.05) is 0 Å². The fraction of sp³-hybridized carbons (Fsp3) is 0.526. The van der Waals surface area contributed by atoms with Crippen LogP contribution in [0.5, 0.6) is 11.5 Å². The van der Waals surface area contributed by atoms with E-state index in [0.29, 0.717) is 0 Å². The average molecular weight is 398 g/mol. The van der Waals surface area contributed by atoms with Crippen molar-refractivity contribution in [2.24, 2.45) is 5.92 Å². The van der Waals surface area contributed by atoms with Gasteiger partial charge in [-0.05, 0) is 26.0 Å². The van der Waals surface area contributed by atoms with Gasteiger partial charge in [0, 0.05) is 13.5 Å². The highest BCUT2D eigenvalue weighted by molar-refractivity contribution is 5.97. The Labute approximate surface area is 163 Å². The molecule has 3 atom stereocenters. The molecule has 0 saturated heterocycles. The van der Waals surface area contributed by atoms with Crippen LogP contribution in [0.3, 0.4) is 0 Å². The van der Waals surface area contributed by atoms with Gasteiger partial charge in [0.2, 0.25) is 0 Å². The van der Waals surface area contributed by atoms with Crippen LogP contribution in [0.4, 0.5) is 0 Å². The molecule has 1 aromatic carbocycles. The van der Waals surface area contributed by atoms with Crippen LogP contribution >= 0.6 is 0 Å². The van der Waals surface area contributed by atoms with Gasteiger partial charge in [0.1, 0.15) is 11.5 Å². The Morgan fingerprint density at radius 2 is 1.64 bits per heavy atom. The summed E-state index contributed by atoms with van der Waals surface area (Å²) in [6.07, 6.45) is -2.28. The summed E-state index contributed by atoms with van der Waals surface area (Å²) in [4.78, 5) is 35.3. The molecule has 0 spiro atoms. The van der Waals surface area contributed by atoms with Crippen LogP contribution < -0.4 is 0 Å². The van der Waals surface area contributed by atoms with Gasteiger partial charge in [-0.25, -0.2) is 4.79 Å². The third-order valence-electron chi connectivity index (χ3n) is 4.22. The summed E-state index contributed by atoms with van der Waals surface area (Å²) in [7, 11) is 3.72. The Morgan fingerprint density at radius 1 is 1.04 bits per heavy atom. The third kappa shape index (κ3) is 5.67. The minimum atomic E-state index is -1.07. The molecule has 156 valence electrons. The predicted octanol–water partition coefficient (Wildman–Crippen LogP) is 1.75. The molecule has 0 aliphatic carbocycles. The van der Waals surface area contributed by atoms with E-state index in [1.807, 2.05) is 0 Å². The molecule has 28 heavy (non-hydrogen) atoms. The normalized spacial score (nSPS) is 14.0. The van der Waals surface area contributed by atoms with Crippen LogP contribution in [0.15, 0.2) is 12.1 Å². The van der Waals surface area contributed by atoms with Crippen LogP contribution in [0, 0.1) is 5.92 Å². The molecule has 0 heterocycles. The van der Waals surface area contributed by atoms with Crippen molar-refractivity contribution >= 4 is 17.7 Å². The van der Waals surface area contributed by atoms with Crippen LogP contribution in [-0.2, 0) is 28.5 Å². The molecule has 1 aromatic rings. The molecule has 0 aliphatic rings. The van der Waals surface area contributed by atoms with E-state index in [4.69, 9.17) is 9.47 Å². The fourth-order valence-corrected chi connectivity index (χ4v) is 2.61. The molecular formula is C19H26O9. The summed E-state index contributed by atoms with van der Waals surface area (Å²) in [6.45, 7) is 2.71. The summed E-state index contributed by atoms with van der Waals surface area (Å²) >= 11 is 0. The first-order valence-corrected chi connectivity index (χ1v) is 8.53. The number of carbonyl (C=O) groups is 3. The number of ether oxygens (including phenoxy) is 4. The minimum Gasteiger partial charge on any atom is -0.507 e. The Hall–Kier alpha value is -2.65. The summed E-state index contributed by atoms with van der Waals surface area (Å²) in [5.74, 6) is -3.07. The summed E-state index contributed by atoms with van der Waals surface area (Å²) < 4.78 is 20.1. The highest BCUT2D eigenvalue weighted by Crippen LogP contribution is 2.40. The lowest BCUT2D eigenvalue weighted by Gasteiger charge is -2.25. The van der Waals surface area contributed by atoms with Crippen molar-refractivity contribution in [1.82, 2.24) is 0 Å².